The largest absolute Gasteiger partial charge is 0.469 e. The molecule has 0 amide bonds. The Morgan fingerprint density at radius 3 is 2.50 bits per heavy atom. The van der Waals surface area contributed by atoms with Crippen molar-refractivity contribution in [2.45, 2.75) is 77.1 Å². The smallest absolute Gasteiger partial charge is 0.305 e. The van der Waals surface area contributed by atoms with E-state index in [1.54, 1.807) is 0 Å². The van der Waals surface area contributed by atoms with Crippen LogP contribution in [-0.4, -0.2) is 43.3 Å². The molecule has 5 nitrogen and oxygen atoms in total. The third-order valence-electron chi connectivity index (χ3n) is 8.71. The number of aliphatic hydroxyl groups is 1. The highest BCUT2D eigenvalue weighted by Crippen LogP contribution is 2.66. The maximum Gasteiger partial charge on any atom is 0.305 e. The first-order chi connectivity index (χ1) is 12.4. The van der Waals surface area contributed by atoms with Gasteiger partial charge in [-0.1, -0.05) is 13.8 Å². The van der Waals surface area contributed by atoms with Crippen LogP contribution in [-0.2, 0) is 19.0 Å². The van der Waals surface area contributed by atoms with Crippen LogP contribution in [0.2, 0.25) is 0 Å². The van der Waals surface area contributed by atoms with E-state index in [4.69, 9.17) is 14.2 Å². The van der Waals surface area contributed by atoms with Gasteiger partial charge in [0.2, 0.25) is 0 Å². The normalized spacial score (nSPS) is 46.8. The molecule has 148 valence electrons. The molecule has 1 spiro atoms. The van der Waals surface area contributed by atoms with Gasteiger partial charge in [0, 0.05) is 18.3 Å². The Balaban J connectivity index is 1.65. The summed E-state index contributed by atoms with van der Waals surface area (Å²) in [4.78, 5) is 11.9. The van der Waals surface area contributed by atoms with Crippen LogP contribution in [0.5, 0.6) is 0 Å². The molecule has 0 bridgehead atoms. The number of carbonyl (C=O) groups is 1. The standard InChI is InChI=1S/C21H34O5/c1-19-9-7-16-14(15(19)4-5-17(19)22)6-11-21(25-12-13-26-21)20(16,2)10-8-18(23)24-3/h14-17,22H,4-13H2,1-3H3/t14?,15?,16?,17-,19-,20+/m0/s1. The number of ether oxygens (including phenoxy) is 3. The summed E-state index contributed by atoms with van der Waals surface area (Å²) in [5, 5.41) is 10.6. The molecule has 5 heteroatoms. The van der Waals surface area contributed by atoms with Crippen molar-refractivity contribution in [3.63, 3.8) is 0 Å². The van der Waals surface area contributed by atoms with Crippen molar-refractivity contribution in [1.82, 2.24) is 0 Å². The molecule has 1 aliphatic heterocycles. The second-order valence-electron chi connectivity index (χ2n) is 9.50. The van der Waals surface area contributed by atoms with Gasteiger partial charge in [-0.2, -0.15) is 0 Å². The zero-order valence-corrected chi connectivity index (χ0v) is 16.5. The van der Waals surface area contributed by atoms with E-state index in [1.807, 2.05) is 0 Å². The predicted octanol–water partition coefficient (Wildman–Crippen LogP) is 3.29. The van der Waals surface area contributed by atoms with Crippen LogP contribution >= 0.6 is 0 Å². The fraction of sp³-hybridized carbons (Fsp3) is 0.952. The van der Waals surface area contributed by atoms with Gasteiger partial charge in [-0.3, -0.25) is 4.79 Å². The van der Waals surface area contributed by atoms with Gasteiger partial charge in [0.25, 0.3) is 0 Å². The van der Waals surface area contributed by atoms with Crippen molar-refractivity contribution in [2.75, 3.05) is 20.3 Å². The van der Waals surface area contributed by atoms with Gasteiger partial charge in [0.15, 0.2) is 5.79 Å². The first kappa shape index (κ1) is 18.7. The predicted molar refractivity (Wildman–Crippen MR) is 96.3 cm³/mol. The zero-order chi connectivity index (χ0) is 18.6. The van der Waals surface area contributed by atoms with Gasteiger partial charge in [-0.25, -0.2) is 0 Å². The maximum absolute atomic E-state index is 11.9. The molecule has 4 fully saturated rings. The van der Waals surface area contributed by atoms with Crippen LogP contribution in [0.15, 0.2) is 0 Å². The highest BCUT2D eigenvalue weighted by atomic mass is 16.7. The number of hydrogen-bond acceptors (Lipinski definition) is 5. The Labute approximate surface area is 156 Å². The fourth-order valence-electron chi connectivity index (χ4n) is 7.15. The highest BCUT2D eigenvalue weighted by Gasteiger charge is 2.65. The minimum Gasteiger partial charge on any atom is -0.469 e. The summed E-state index contributed by atoms with van der Waals surface area (Å²) < 4.78 is 17.4. The van der Waals surface area contributed by atoms with E-state index >= 15 is 0 Å². The monoisotopic (exact) mass is 366 g/mol. The van der Waals surface area contributed by atoms with Crippen LogP contribution in [0.1, 0.15) is 65.2 Å². The van der Waals surface area contributed by atoms with Crippen LogP contribution in [0.4, 0.5) is 0 Å². The Kier molecular flexibility index (Phi) is 4.64. The molecule has 3 aliphatic carbocycles. The van der Waals surface area contributed by atoms with Crippen LogP contribution in [0, 0.1) is 28.6 Å². The summed E-state index contributed by atoms with van der Waals surface area (Å²) in [6.45, 7) is 5.87. The van der Waals surface area contributed by atoms with Crippen molar-refractivity contribution in [2.24, 2.45) is 28.6 Å². The van der Waals surface area contributed by atoms with Crippen molar-refractivity contribution >= 4 is 5.97 Å². The van der Waals surface area contributed by atoms with Crippen molar-refractivity contribution in [1.29, 1.82) is 0 Å². The van der Waals surface area contributed by atoms with Gasteiger partial charge < -0.3 is 19.3 Å². The molecule has 3 unspecified atom stereocenters. The molecule has 4 rings (SSSR count). The summed E-state index contributed by atoms with van der Waals surface area (Å²) in [7, 11) is 1.46. The van der Waals surface area contributed by atoms with Crippen molar-refractivity contribution in [3.05, 3.63) is 0 Å². The maximum atomic E-state index is 11.9. The topological polar surface area (TPSA) is 65.0 Å². The minimum atomic E-state index is -0.548. The quantitative estimate of drug-likeness (QED) is 0.777. The third kappa shape index (κ3) is 2.50. The summed E-state index contributed by atoms with van der Waals surface area (Å²) >= 11 is 0. The van der Waals surface area contributed by atoms with Crippen LogP contribution < -0.4 is 0 Å². The molecule has 1 N–H and O–H groups in total. The molecule has 1 heterocycles. The summed E-state index contributed by atoms with van der Waals surface area (Å²) in [5.41, 5.74) is -0.123. The lowest BCUT2D eigenvalue weighted by Crippen LogP contribution is -2.61. The zero-order valence-electron chi connectivity index (χ0n) is 16.5. The number of hydrogen-bond donors (Lipinski definition) is 1. The number of esters is 1. The SMILES string of the molecule is COC(=O)CC[C@]1(C)C2CC[C@@]3(C)C(CC[C@@H]3O)C2CCC12OCCO2. The lowest BCUT2D eigenvalue weighted by atomic mass is 9.47. The van der Waals surface area contributed by atoms with Crippen molar-refractivity contribution < 1.29 is 24.1 Å². The van der Waals surface area contributed by atoms with E-state index in [0.717, 1.165) is 44.9 Å². The van der Waals surface area contributed by atoms with Crippen molar-refractivity contribution in [3.8, 4) is 0 Å². The van der Waals surface area contributed by atoms with Gasteiger partial charge in [0.1, 0.15) is 0 Å². The molecule has 1 saturated heterocycles. The number of rotatable bonds is 3. The molecule has 0 aromatic carbocycles. The lowest BCUT2D eigenvalue weighted by molar-refractivity contribution is -0.292. The molecule has 4 aliphatic rings. The highest BCUT2D eigenvalue weighted by molar-refractivity contribution is 5.69. The van der Waals surface area contributed by atoms with E-state index in [1.165, 1.54) is 7.11 Å². The molecular formula is C21H34O5. The van der Waals surface area contributed by atoms with Gasteiger partial charge in [0.05, 0.1) is 26.4 Å². The first-order valence-corrected chi connectivity index (χ1v) is 10.4. The molecular weight excluding hydrogens is 332 g/mol. The average molecular weight is 366 g/mol. The van der Waals surface area contributed by atoms with E-state index < -0.39 is 5.79 Å². The average Bonchev–Trinajstić information content (AvgIpc) is 3.23. The molecule has 0 aromatic heterocycles. The molecule has 0 radical (unpaired) electrons. The van der Waals surface area contributed by atoms with E-state index in [2.05, 4.69) is 13.8 Å². The molecule has 3 saturated carbocycles. The van der Waals surface area contributed by atoms with Crippen LogP contribution in [0.3, 0.4) is 0 Å². The summed E-state index contributed by atoms with van der Waals surface area (Å²) in [6.07, 6.45) is 7.19. The first-order valence-electron chi connectivity index (χ1n) is 10.4. The Bertz CT molecular complexity index is 557. The Hall–Kier alpha value is -0.650. The minimum absolute atomic E-state index is 0.0618. The second kappa shape index (κ2) is 6.46. The molecule has 6 atom stereocenters. The Morgan fingerprint density at radius 2 is 1.81 bits per heavy atom. The number of carbonyl (C=O) groups excluding carboxylic acids is 1. The van der Waals surface area contributed by atoms with E-state index in [0.29, 0.717) is 37.4 Å². The van der Waals surface area contributed by atoms with E-state index in [9.17, 15) is 9.90 Å². The summed E-state index contributed by atoms with van der Waals surface area (Å²) in [6, 6.07) is 0. The van der Waals surface area contributed by atoms with E-state index in [-0.39, 0.29) is 22.9 Å². The lowest BCUT2D eigenvalue weighted by Gasteiger charge is -2.61. The van der Waals surface area contributed by atoms with Gasteiger partial charge in [-0.15, -0.1) is 0 Å². The number of fused-ring (bicyclic) bond motifs is 3. The molecule has 0 aromatic rings. The van der Waals surface area contributed by atoms with Gasteiger partial charge >= 0.3 is 5.97 Å². The number of methoxy groups -OCH3 is 1. The Morgan fingerprint density at radius 1 is 1.08 bits per heavy atom. The second-order valence-corrected chi connectivity index (χ2v) is 9.50. The van der Waals surface area contributed by atoms with Gasteiger partial charge in [-0.05, 0) is 61.7 Å². The fourth-order valence-corrected chi connectivity index (χ4v) is 7.15. The van der Waals surface area contributed by atoms with Crippen LogP contribution in [0.25, 0.3) is 0 Å². The third-order valence-corrected chi connectivity index (χ3v) is 8.71. The number of aliphatic hydroxyl groups excluding tert-OH is 1. The molecule has 26 heavy (non-hydrogen) atoms. The summed E-state index contributed by atoms with van der Waals surface area (Å²) in [5.74, 6) is 0.938.